The van der Waals surface area contributed by atoms with Gasteiger partial charge >= 0.3 is 0 Å². The van der Waals surface area contributed by atoms with Gasteiger partial charge in [0.2, 0.25) is 0 Å². The van der Waals surface area contributed by atoms with Crippen LogP contribution in [0.4, 0.5) is 5.69 Å². The Balaban J connectivity index is 2.44. The van der Waals surface area contributed by atoms with E-state index in [1.54, 1.807) is 5.38 Å². The number of hydrogen-bond donors (Lipinski definition) is 2. The Morgan fingerprint density at radius 2 is 2.06 bits per heavy atom. The lowest BCUT2D eigenvalue weighted by molar-refractivity contribution is 0.109. The van der Waals surface area contributed by atoms with Crippen molar-refractivity contribution >= 4 is 29.6 Å². The minimum Gasteiger partial charge on any atom is -0.384 e. The molecule has 0 aromatic carbocycles. The van der Waals surface area contributed by atoms with E-state index in [4.69, 9.17) is 5.73 Å². The van der Waals surface area contributed by atoms with Crippen molar-refractivity contribution in [2.75, 3.05) is 18.4 Å². The van der Waals surface area contributed by atoms with Crippen molar-refractivity contribution in [1.29, 1.82) is 0 Å². The average molecular weight is 240 g/mol. The number of nitrogens with two attached hydrogens (primary N) is 1. The predicted octanol–water partition coefficient (Wildman–Crippen LogP) is 1.91. The highest BCUT2D eigenvalue weighted by Gasteiger charge is 2.09. The average Bonchev–Trinajstić information content (AvgIpc) is 2.71. The molecule has 1 heterocycles. The molecular formula is C11H16N2O2S. The highest BCUT2D eigenvalue weighted by atomic mass is 32.1. The molecule has 3 N–H and O–H groups in total. The standard InChI is InChI=1S/C11H16N2O2S/c12-4-2-1-3-5-13-10-8-16-11(7-15)9(10)6-14/h6-8,13H,1-5,12H2. The molecule has 0 unspecified atom stereocenters. The quantitative estimate of drug-likeness (QED) is 0.538. The summed E-state index contributed by atoms with van der Waals surface area (Å²) in [4.78, 5) is 21.9. The Labute approximate surface area is 98.8 Å². The molecule has 0 fully saturated rings. The number of nitrogens with one attached hydrogen (secondary N) is 1. The van der Waals surface area contributed by atoms with Gasteiger partial charge in [-0.05, 0) is 19.4 Å². The number of anilines is 1. The van der Waals surface area contributed by atoms with E-state index in [2.05, 4.69) is 5.32 Å². The molecule has 4 nitrogen and oxygen atoms in total. The third-order valence-corrected chi connectivity index (χ3v) is 3.20. The molecule has 5 heteroatoms. The SMILES string of the molecule is NCCCCCNc1csc(C=O)c1C=O. The zero-order valence-corrected chi connectivity index (χ0v) is 9.89. The molecule has 0 aliphatic rings. The van der Waals surface area contributed by atoms with Gasteiger partial charge in [-0.15, -0.1) is 11.3 Å². The molecule has 0 saturated carbocycles. The topological polar surface area (TPSA) is 72.2 Å². The predicted molar refractivity (Wildman–Crippen MR) is 66.5 cm³/mol. The summed E-state index contributed by atoms with van der Waals surface area (Å²) in [5.74, 6) is 0. The number of unbranched alkanes of at least 4 members (excludes halogenated alkanes) is 2. The molecule has 0 atom stereocenters. The zero-order valence-electron chi connectivity index (χ0n) is 9.07. The van der Waals surface area contributed by atoms with E-state index in [0.717, 1.165) is 37.8 Å². The Bertz CT molecular complexity index is 350. The van der Waals surface area contributed by atoms with E-state index in [-0.39, 0.29) is 0 Å². The third kappa shape index (κ3) is 3.43. The van der Waals surface area contributed by atoms with Crippen molar-refractivity contribution in [1.82, 2.24) is 0 Å². The summed E-state index contributed by atoms with van der Waals surface area (Å²) in [6.45, 7) is 1.52. The Morgan fingerprint density at radius 1 is 1.25 bits per heavy atom. The summed E-state index contributed by atoms with van der Waals surface area (Å²) >= 11 is 1.29. The minimum atomic E-state index is 0.471. The van der Waals surface area contributed by atoms with Crippen LogP contribution in [-0.4, -0.2) is 25.7 Å². The van der Waals surface area contributed by atoms with E-state index in [9.17, 15) is 9.59 Å². The molecule has 0 spiro atoms. The van der Waals surface area contributed by atoms with Crippen molar-refractivity contribution in [2.45, 2.75) is 19.3 Å². The number of hydrogen-bond acceptors (Lipinski definition) is 5. The van der Waals surface area contributed by atoms with Gasteiger partial charge in [0.1, 0.15) is 0 Å². The number of rotatable bonds is 8. The van der Waals surface area contributed by atoms with Gasteiger partial charge in [-0.1, -0.05) is 6.42 Å². The maximum absolute atomic E-state index is 10.8. The summed E-state index contributed by atoms with van der Waals surface area (Å²) in [7, 11) is 0. The van der Waals surface area contributed by atoms with E-state index in [0.29, 0.717) is 23.3 Å². The fraction of sp³-hybridized carbons (Fsp3) is 0.455. The molecule has 0 aliphatic carbocycles. The number of carbonyl (C=O) groups is 2. The lowest BCUT2D eigenvalue weighted by Gasteiger charge is -2.04. The normalized spacial score (nSPS) is 10.1. The van der Waals surface area contributed by atoms with Crippen molar-refractivity contribution in [3.8, 4) is 0 Å². The Morgan fingerprint density at radius 3 is 2.69 bits per heavy atom. The van der Waals surface area contributed by atoms with Gasteiger partial charge < -0.3 is 11.1 Å². The lowest BCUT2D eigenvalue weighted by Crippen LogP contribution is -2.04. The smallest absolute Gasteiger partial charge is 0.160 e. The second-order valence-electron chi connectivity index (χ2n) is 3.44. The highest BCUT2D eigenvalue weighted by molar-refractivity contribution is 7.12. The largest absolute Gasteiger partial charge is 0.384 e. The third-order valence-electron chi connectivity index (χ3n) is 2.28. The van der Waals surface area contributed by atoms with Crippen LogP contribution in [0.25, 0.3) is 0 Å². The van der Waals surface area contributed by atoms with Gasteiger partial charge in [0.15, 0.2) is 12.6 Å². The molecule has 0 aliphatic heterocycles. The van der Waals surface area contributed by atoms with E-state index >= 15 is 0 Å². The van der Waals surface area contributed by atoms with Gasteiger partial charge in [0, 0.05) is 11.9 Å². The fourth-order valence-electron chi connectivity index (χ4n) is 1.40. The van der Waals surface area contributed by atoms with Gasteiger partial charge in [0.25, 0.3) is 0 Å². The number of aldehydes is 2. The Kier molecular flexibility index (Phi) is 5.74. The lowest BCUT2D eigenvalue weighted by atomic mass is 10.2. The first-order valence-corrected chi connectivity index (χ1v) is 6.17. The van der Waals surface area contributed by atoms with Gasteiger partial charge in [-0.2, -0.15) is 0 Å². The first-order chi connectivity index (χ1) is 7.83. The summed E-state index contributed by atoms with van der Waals surface area (Å²) in [5, 5.41) is 4.96. The molecule has 16 heavy (non-hydrogen) atoms. The second-order valence-corrected chi connectivity index (χ2v) is 4.35. The first kappa shape index (κ1) is 12.9. The first-order valence-electron chi connectivity index (χ1n) is 5.29. The van der Waals surface area contributed by atoms with Crippen LogP contribution in [-0.2, 0) is 0 Å². The van der Waals surface area contributed by atoms with Crippen LogP contribution in [0.1, 0.15) is 39.3 Å². The molecule has 0 radical (unpaired) electrons. The van der Waals surface area contributed by atoms with Crippen molar-refractivity contribution in [3.63, 3.8) is 0 Å². The van der Waals surface area contributed by atoms with E-state index < -0.39 is 0 Å². The summed E-state index contributed by atoms with van der Waals surface area (Å²) < 4.78 is 0. The summed E-state index contributed by atoms with van der Waals surface area (Å²) in [6, 6.07) is 0. The van der Waals surface area contributed by atoms with Gasteiger partial charge in [0.05, 0.1) is 16.1 Å². The highest BCUT2D eigenvalue weighted by Crippen LogP contribution is 2.24. The summed E-state index contributed by atoms with van der Waals surface area (Å²) in [5.41, 5.74) is 6.62. The Hall–Kier alpha value is -1.20. The van der Waals surface area contributed by atoms with Crippen molar-refractivity contribution in [3.05, 3.63) is 15.8 Å². The molecule has 0 bridgehead atoms. The molecule has 1 aromatic rings. The maximum atomic E-state index is 10.8. The van der Waals surface area contributed by atoms with Crippen LogP contribution >= 0.6 is 11.3 Å². The van der Waals surface area contributed by atoms with Crippen molar-refractivity contribution < 1.29 is 9.59 Å². The molecule has 1 aromatic heterocycles. The van der Waals surface area contributed by atoms with Gasteiger partial charge in [-0.25, -0.2) is 0 Å². The maximum Gasteiger partial charge on any atom is 0.160 e. The molecular weight excluding hydrogens is 224 g/mol. The van der Waals surface area contributed by atoms with Crippen LogP contribution < -0.4 is 11.1 Å². The molecule has 0 amide bonds. The summed E-state index contributed by atoms with van der Waals surface area (Å²) in [6.07, 6.45) is 4.55. The molecule has 1 rings (SSSR count). The molecule has 88 valence electrons. The fourth-order valence-corrected chi connectivity index (χ4v) is 2.20. The number of thiophene rings is 1. The van der Waals surface area contributed by atoms with Gasteiger partial charge in [-0.3, -0.25) is 9.59 Å². The van der Waals surface area contributed by atoms with Crippen LogP contribution in [0.2, 0.25) is 0 Å². The minimum absolute atomic E-state index is 0.471. The molecule has 0 saturated heterocycles. The van der Waals surface area contributed by atoms with E-state index in [1.807, 2.05) is 0 Å². The number of carbonyl (C=O) groups excluding carboxylic acids is 2. The zero-order chi connectivity index (χ0) is 11.8. The van der Waals surface area contributed by atoms with Crippen molar-refractivity contribution in [2.24, 2.45) is 5.73 Å². The van der Waals surface area contributed by atoms with Crippen LogP contribution in [0.3, 0.4) is 0 Å². The van der Waals surface area contributed by atoms with Crippen LogP contribution in [0, 0.1) is 0 Å². The van der Waals surface area contributed by atoms with Crippen LogP contribution in [0.5, 0.6) is 0 Å². The second kappa shape index (κ2) is 7.14. The monoisotopic (exact) mass is 240 g/mol. The van der Waals surface area contributed by atoms with E-state index in [1.165, 1.54) is 11.3 Å². The van der Waals surface area contributed by atoms with Crippen LogP contribution in [0.15, 0.2) is 5.38 Å².